The number of ether oxygens (including phenoxy) is 2. The summed E-state index contributed by atoms with van der Waals surface area (Å²) in [6, 6.07) is 7.01. The van der Waals surface area contributed by atoms with Gasteiger partial charge in [-0.05, 0) is 32.0 Å². The molecule has 8 nitrogen and oxygen atoms in total. The van der Waals surface area contributed by atoms with Gasteiger partial charge in [0, 0.05) is 37.3 Å². The summed E-state index contributed by atoms with van der Waals surface area (Å²) in [5, 5.41) is 0. The number of carbonyl (C=O) groups is 4. The van der Waals surface area contributed by atoms with E-state index in [4.69, 9.17) is 9.47 Å². The molecule has 28 heavy (non-hydrogen) atoms. The Morgan fingerprint density at radius 3 is 1.71 bits per heavy atom. The standard InChI is InChI=1S/C20H24N2O6/c1-3-27-19(25)13-8-17(23)21(11-13)15-6-5-7-16(10-15)22-12-14(9-18(22)24)20(26)28-4-2/h5-7,10,13-14H,3-4,8-9,11-12H2,1-2H3. The highest BCUT2D eigenvalue weighted by Crippen LogP contribution is 2.32. The van der Waals surface area contributed by atoms with E-state index in [9.17, 15) is 19.2 Å². The molecule has 1 aromatic carbocycles. The number of esters is 2. The van der Waals surface area contributed by atoms with E-state index in [1.54, 1.807) is 38.1 Å². The quantitative estimate of drug-likeness (QED) is 0.686. The first-order valence-corrected chi connectivity index (χ1v) is 9.48. The summed E-state index contributed by atoms with van der Waals surface area (Å²) >= 11 is 0. The Bertz CT molecular complexity index is 731. The monoisotopic (exact) mass is 388 g/mol. The molecule has 150 valence electrons. The van der Waals surface area contributed by atoms with Gasteiger partial charge in [0.05, 0.1) is 25.0 Å². The zero-order valence-electron chi connectivity index (χ0n) is 16.1. The van der Waals surface area contributed by atoms with Gasteiger partial charge in [0.2, 0.25) is 11.8 Å². The summed E-state index contributed by atoms with van der Waals surface area (Å²) in [6.07, 6.45) is 0.216. The van der Waals surface area contributed by atoms with Crippen molar-refractivity contribution >= 4 is 35.1 Å². The van der Waals surface area contributed by atoms with Crippen molar-refractivity contribution in [3.8, 4) is 0 Å². The van der Waals surface area contributed by atoms with Crippen LogP contribution in [-0.4, -0.2) is 50.1 Å². The van der Waals surface area contributed by atoms with Crippen LogP contribution < -0.4 is 9.80 Å². The molecule has 2 atom stereocenters. The van der Waals surface area contributed by atoms with Crippen LogP contribution in [0.2, 0.25) is 0 Å². The molecule has 0 saturated carbocycles. The maximum atomic E-state index is 12.4. The molecule has 0 aliphatic carbocycles. The summed E-state index contributed by atoms with van der Waals surface area (Å²) in [7, 11) is 0. The molecule has 1 aromatic rings. The molecule has 2 aliphatic heterocycles. The smallest absolute Gasteiger partial charge is 0.311 e. The van der Waals surface area contributed by atoms with E-state index in [0.29, 0.717) is 11.4 Å². The molecule has 0 aromatic heterocycles. The van der Waals surface area contributed by atoms with Crippen LogP contribution in [0, 0.1) is 11.8 Å². The van der Waals surface area contributed by atoms with E-state index >= 15 is 0 Å². The van der Waals surface area contributed by atoms with Gasteiger partial charge >= 0.3 is 11.9 Å². The van der Waals surface area contributed by atoms with Crippen molar-refractivity contribution in [3.63, 3.8) is 0 Å². The third-order valence-corrected chi connectivity index (χ3v) is 4.94. The molecule has 8 heteroatoms. The Morgan fingerprint density at radius 1 is 0.893 bits per heavy atom. The van der Waals surface area contributed by atoms with Crippen molar-refractivity contribution < 1.29 is 28.7 Å². The second-order valence-corrected chi connectivity index (χ2v) is 6.83. The number of carbonyl (C=O) groups excluding carboxylic acids is 4. The van der Waals surface area contributed by atoms with Gasteiger partial charge in [-0.2, -0.15) is 0 Å². The van der Waals surface area contributed by atoms with E-state index in [-0.39, 0.29) is 62.9 Å². The first-order chi connectivity index (χ1) is 13.4. The second kappa shape index (κ2) is 8.41. The Kier molecular flexibility index (Phi) is 5.96. The first kappa shape index (κ1) is 19.9. The average molecular weight is 388 g/mol. The number of hydrogen-bond acceptors (Lipinski definition) is 6. The van der Waals surface area contributed by atoms with Crippen LogP contribution in [0.1, 0.15) is 26.7 Å². The fraction of sp³-hybridized carbons (Fsp3) is 0.500. The van der Waals surface area contributed by atoms with Crippen LogP contribution in [0.15, 0.2) is 24.3 Å². The first-order valence-electron chi connectivity index (χ1n) is 9.48. The Balaban J connectivity index is 1.74. The highest BCUT2D eigenvalue weighted by Gasteiger charge is 2.38. The normalized spacial score (nSPS) is 21.9. The van der Waals surface area contributed by atoms with Gasteiger partial charge in [0.25, 0.3) is 0 Å². The van der Waals surface area contributed by atoms with E-state index in [2.05, 4.69) is 0 Å². The number of amides is 2. The maximum absolute atomic E-state index is 12.4. The fourth-order valence-corrected chi connectivity index (χ4v) is 3.58. The van der Waals surface area contributed by atoms with Crippen molar-refractivity contribution in [2.75, 3.05) is 36.1 Å². The third kappa shape index (κ3) is 4.00. The largest absolute Gasteiger partial charge is 0.466 e. The van der Waals surface area contributed by atoms with Crippen molar-refractivity contribution in [3.05, 3.63) is 24.3 Å². The number of hydrogen-bond donors (Lipinski definition) is 0. The lowest BCUT2D eigenvalue weighted by molar-refractivity contribution is -0.148. The third-order valence-electron chi connectivity index (χ3n) is 4.94. The molecule has 2 saturated heterocycles. The predicted molar refractivity (Wildman–Crippen MR) is 101 cm³/mol. The van der Waals surface area contributed by atoms with E-state index in [1.807, 2.05) is 0 Å². The fourth-order valence-electron chi connectivity index (χ4n) is 3.58. The minimum absolute atomic E-state index is 0.108. The van der Waals surface area contributed by atoms with Gasteiger partial charge in [-0.3, -0.25) is 19.2 Å². The maximum Gasteiger partial charge on any atom is 0.311 e. The summed E-state index contributed by atoms with van der Waals surface area (Å²) < 4.78 is 10.0. The van der Waals surface area contributed by atoms with E-state index < -0.39 is 11.8 Å². The lowest BCUT2D eigenvalue weighted by Crippen LogP contribution is -2.28. The lowest BCUT2D eigenvalue weighted by Gasteiger charge is -2.21. The summed E-state index contributed by atoms with van der Waals surface area (Å²) in [5.41, 5.74) is 1.23. The summed E-state index contributed by atoms with van der Waals surface area (Å²) in [4.78, 5) is 51.7. The molecule has 2 aliphatic rings. The number of benzene rings is 1. The summed E-state index contributed by atoms with van der Waals surface area (Å²) in [5.74, 6) is -2.04. The van der Waals surface area contributed by atoms with Gasteiger partial charge in [0.1, 0.15) is 0 Å². The number of anilines is 2. The van der Waals surface area contributed by atoms with Crippen LogP contribution >= 0.6 is 0 Å². The highest BCUT2D eigenvalue weighted by atomic mass is 16.5. The van der Waals surface area contributed by atoms with E-state index in [1.165, 1.54) is 9.80 Å². The topological polar surface area (TPSA) is 93.2 Å². The van der Waals surface area contributed by atoms with Gasteiger partial charge in [-0.15, -0.1) is 0 Å². The van der Waals surface area contributed by atoms with E-state index in [0.717, 1.165) is 0 Å². The van der Waals surface area contributed by atoms with Crippen LogP contribution in [0.3, 0.4) is 0 Å². The van der Waals surface area contributed by atoms with Crippen molar-refractivity contribution in [1.29, 1.82) is 0 Å². The Hall–Kier alpha value is -2.90. The molecular weight excluding hydrogens is 364 g/mol. The van der Waals surface area contributed by atoms with Gasteiger partial charge in [-0.25, -0.2) is 0 Å². The summed E-state index contributed by atoms with van der Waals surface area (Å²) in [6.45, 7) is 4.51. The minimum Gasteiger partial charge on any atom is -0.466 e. The average Bonchev–Trinajstić information content (AvgIpc) is 3.25. The molecule has 3 rings (SSSR count). The molecule has 2 fully saturated rings. The second-order valence-electron chi connectivity index (χ2n) is 6.83. The van der Waals surface area contributed by atoms with Crippen molar-refractivity contribution in [2.45, 2.75) is 26.7 Å². The van der Waals surface area contributed by atoms with Gasteiger partial charge in [0.15, 0.2) is 0 Å². The Labute approximate surface area is 163 Å². The molecule has 0 bridgehead atoms. The van der Waals surface area contributed by atoms with Crippen LogP contribution in [0.4, 0.5) is 11.4 Å². The molecule has 0 N–H and O–H groups in total. The highest BCUT2D eigenvalue weighted by molar-refractivity contribution is 6.02. The number of nitrogens with zero attached hydrogens (tertiary/aromatic N) is 2. The number of rotatable bonds is 6. The lowest BCUT2D eigenvalue weighted by atomic mass is 10.1. The van der Waals surface area contributed by atoms with Crippen LogP contribution in [-0.2, 0) is 28.7 Å². The van der Waals surface area contributed by atoms with Gasteiger partial charge in [-0.1, -0.05) is 6.07 Å². The molecule has 2 unspecified atom stereocenters. The molecule has 0 radical (unpaired) electrons. The molecule has 0 spiro atoms. The van der Waals surface area contributed by atoms with Crippen LogP contribution in [0.5, 0.6) is 0 Å². The SMILES string of the molecule is CCOC(=O)C1CC(=O)N(c2cccc(N3CC(C(=O)OCC)CC3=O)c2)C1. The molecule has 2 amide bonds. The van der Waals surface area contributed by atoms with Crippen molar-refractivity contribution in [2.24, 2.45) is 11.8 Å². The Morgan fingerprint density at radius 2 is 1.32 bits per heavy atom. The van der Waals surface area contributed by atoms with Crippen molar-refractivity contribution in [1.82, 2.24) is 0 Å². The molecular formula is C20H24N2O6. The van der Waals surface area contributed by atoms with Crippen LogP contribution in [0.25, 0.3) is 0 Å². The minimum atomic E-state index is -0.488. The molecule has 2 heterocycles. The zero-order valence-corrected chi connectivity index (χ0v) is 16.1. The van der Waals surface area contributed by atoms with Gasteiger partial charge < -0.3 is 19.3 Å². The zero-order chi connectivity index (χ0) is 20.3. The predicted octanol–water partition coefficient (Wildman–Crippen LogP) is 1.52.